The van der Waals surface area contributed by atoms with E-state index in [2.05, 4.69) is 15.3 Å². The Morgan fingerprint density at radius 2 is 1.79 bits per heavy atom. The Morgan fingerprint density at radius 3 is 2.39 bits per heavy atom. The summed E-state index contributed by atoms with van der Waals surface area (Å²) in [6.45, 7) is 0. The highest BCUT2D eigenvalue weighted by atomic mass is 16.6. The minimum atomic E-state index is -0.457. The summed E-state index contributed by atoms with van der Waals surface area (Å²) in [7, 11) is 1.52. The summed E-state index contributed by atoms with van der Waals surface area (Å²) in [5.41, 5.74) is 0.761. The van der Waals surface area contributed by atoms with Gasteiger partial charge in [-0.15, -0.1) is 0 Å². The summed E-state index contributed by atoms with van der Waals surface area (Å²) in [6, 6.07) is 6.12. The molecule has 1 aliphatic carbocycles. The molecule has 1 heterocycles. The van der Waals surface area contributed by atoms with E-state index >= 15 is 0 Å². The van der Waals surface area contributed by atoms with Gasteiger partial charge in [0, 0.05) is 30.6 Å². The van der Waals surface area contributed by atoms with Gasteiger partial charge in [-0.25, -0.2) is 9.97 Å². The molecule has 148 valence electrons. The SMILES string of the molecule is COc1nccnc1OC1CCC(NC(=O)Cc2ccc([N+](=O)[O-])cc2)CC1. The van der Waals surface area contributed by atoms with E-state index in [-0.39, 0.29) is 30.2 Å². The second-order valence-corrected chi connectivity index (χ2v) is 6.63. The molecule has 1 amide bonds. The predicted molar refractivity (Wildman–Crippen MR) is 100 cm³/mol. The van der Waals surface area contributed by atoms with E-state index in [0.29, 0.717) is 11.8 Å². The van der Waals surface area contributed by atoms with Crippen molar-refractivity contribution >= 4 is 11.6 Å². The molecule has 28 heavy (non-hydrogen) atoms. The molecule has 0 radical (unpaired) electrons. The number of carbonyl (C=O) groups is 1. The van der Waals surface area contributed by atoms with Crippen LogP contribution in [0.15, 0.2) is 36.7 Å². The Labute approximate surface area is 162 Å². The van der Waals surface area contributed by atoms with Crippen molar-refractivity contribution in [3.05, 3.63) is 52.3 Å². The van der Waals surface area contributed by atoms with E-state index in [1.54, 1.807) is 24.5 Å². The van der Waals surface area contributed by atoms with Gasteiger partial charge in [-0.1, -0.05) is 12.1 Å². The van der Waals surface area contributed by atoms with Crippen LogP contribution in [0.2, 0.25) is 0 Å². The van der Waals surface area contributed by atoms with Crippen molar-refractivity contribution in [3.8, 4) is 11.8 Å². The fourth-order valence-corrected chi connectivity index (χ4v) is 3.22. The molecule has 3 rings (SSSR count). The van der Waals surface area contributed by atoms with Crippen LogP contribution in [0.1, 0.15) is 31.2 Å². The number of carbonyl (C=O) groups excluding carboxylic acids is 1. The molecule has 0 saturated heterocycles. The van der Waals surface area contributed by atoms with Crippen molar-refractivity contribution in [2.24, 2.45) is 0 Å². The van der Waals surface area contributed by atoms with Crippen LogP contribution in [0.4, 0.5) is 5.69 Å². The van der Waals surface area contributed by atoms with Crippen molar-refractivity contribution in [1.29, 1.82) is 0 Å². The van der Waals surface area contributed by atoms with E-state index in [1.807, 2.05) is 0 Å². The third-order valence-corrected chi connectivity index (χ3v) is 4.66. The zero-order chi connectivity index (χ0) is 19.9. The molecule has 1 aliphatic rings. The molecule has 1 N–H and O–H groups in total. The molecule has 0 unspecified atom stereocenters. The summed E-state index contributed by atoms with van der Waals surface area (Å²) in [6.07, 6.45) is 6.51. The Hall–Kier alpha value is -3.23. The molecule has 0 spiro atoms. The van der Waals surface area contributed by atoms with Crippen LogP contribution >= 0.6 is 0 Å². The lowest BCUT2D eigenvalue weighted by Gasteiger charge is -2.29. The highest BCUT2D eigenvalue weighted by molar-refractivity contribution is 5.78. The molecular weight excluding hydrogens is 364 g/mol. The largest absolute Gasteiger partial charge is 0.477 e. The van der Waals surface area contributed by atoms with E-state index in [0.717, 1.165) is 31.2 Å². The van der Waals surface area contributed by atoms with Crippen molar-refractivity contribution in [1.82, 2.24) is 15.3 Å². The van der Waals surface area contributed by atoms with Crippen molar-refractivity contribution in [3.63, 3.8) is 0 Å². The van der Waals surface area contributed by atoms with Crippen LogP contribution in [-0.4, -0.2) is 40.1 Å². The Bertz CT molecular complexity index is 819. The first kappa shape index (κ1) is 19.5. The number of amides is 1. The number of ether oxygens (including phenoxy) is 2. The molecule has 0 aliphatic heterocycles. The van der Waals surface area contributed by atoms with E-state index < -0.39 is 4.92 Å². The molecule has 9 heteroatoms. The number of non-ortho nitro benzene ring substituents is 1. The second kappa shape index (κ2) is 9.12. The van der Waals surface area contributed by atoms with Crippen LogP contribution in [0, 0.1) is 10.1 Å². The van der Waals surface area contributed by atoms with Crippen molar-refractivity contribution in [2.45, 2.75) is 44.2 Å². The highest BCUT2D eigenvalue weighted by Crippen LogP contribution is 2.27. The van der Waals surface area contributed by atoms with Gasteiger partial charge in [0.2, 0.25) is 5.91 Å². The zero-order valence-electron chi connectivity index (χ0n) is 15.5. The Balaban J connectivity index is 1.44. The van der Waals surface area contributed by atoms with Gasteiger partial charge in [0.15, 0.2) is 0 Å². The average molecular weight is 386 g/mol. The van der Waals surface area contributed by atoms with Crippen molar-refractivity contribution in [2.75, 3.05) is 7.11 Å². The number of methoxy groups -OCH3 is 1. The fraction of sp³-hybridized carbons (Fsp3) is 0.421. The Morgan fingerprint density at radius 1 is 1.14 bits per heavy atom. The van der Waals surface area contributed by atoms with Crippen molar-refractivity contribution < 1.29 is 19.2 Å². The second-order valence-electron chi connectivity index (χ2n) is 6.63. The number of aromatic nitrogens is 2. The first-order valence-electron chi connectivity index (χ1n) is 9.09. The molecular formula is C19H22N4O5. The van der Waals surface area contributed by atoms with Gasteiger partial charge in [-0.3, -0.25) is 14.9 Å². The van der Waals surface area contributed by atoms with Crippen LogP contribution < -0.4 is 14.8 Å². The highest BCUT2D eigenvalue weighted by Gasteiger charge is 2.25. The monoisotopic (exact) mass is 386 g/mol. The lowest BCUT2D eigenvalue weighted by Crippen LogP contribution is -2.40. The summed E-state index contributed by atoms with van der Waals surface area (Å²) >= 11 is 0. The molecule has 1 fully saturated rings. The van der Waals surface area contributed by atoms with Gasteiger partial charge in [0.1, 0.15) is 6.10 Å². The quantitative estimate of drug-likeness (QED) is 0.574. The minimum absolute atomic E-state index is 0.00780. The lowest BCUT2D eigenvalue weighted by atomic mass is 9.92. The molecule has 1 saturated carbocycles. The maximum Gasteiger partial charge on any atom is 0.278 e. The number of nitro groups is 1. The van der Waals surface area contributed by atoms with Crippen LogP contribution in [-0.2, 0) is 11.2 Å². The number of nitro benzene ring substituents is 1. The number of nitrogens with one attached hydrogen (secondary N) is 1. The summed E-state index contributed by atoms with van der Waals surface area (Å²) < 4.78 is 11.0. The first-order chi connectivity index (χ1) is 13.5. The van der Waals surface area contributed by atoms with Gasteiger partial charge in [0.05, 0.1) is 18.5 Å². The van der Waals surface area contributed by atoms with E-state index in [9.17, 15) is 14.9 Å². The number of hydrogen-bond donors (Lipinski definition) is 1. The fourth-order valence-electron chi connectivity index (χ4n) is 3.22. The predicted octanol–water partition coefficient (Wildman–Crippen LogP) is 2.44. The van der Waals surface area contributed by atoms with Gasteiger partial charge in [-0.2, -0.15) is 0 Å². The van der Waals surface area contributed by atoms with Gasteiger partial charge < -0.3 is 14.8 Å². The summed E-state index contributed by atoms with van der Waals surface area (Å²) in [4.78, 5) is 30.7. The molecule has 1 aromatic heterocycles. The molecule has 2 aromatic rings. The molecule has 9 nitrogen and oxygen atoms in total. The lowest BCUT2D eigenvalue weighted by molar-refractivity contribution is -0.384. The van der Waals surface area contributed by atoms with Gasteiger partial charge in [0.25, 0.3) is 17.4 Å². The summed E-state index contributed by atoms with van der Waals surface area (Å²) in [5, 5.41) is 13.7. The average Bonchev–Trinajstić information content (AvgIpc) is 2.70. The van der Waals surface area contributed by atoms with E-state index in [4.69, 9.17) is 9.47 Å². The van der Waals surface area contributed by atoms with Crippen LogP contribution in [0.25, 0.3) is 0 Å². The van der Waals surface area contributed by atoms with Crippen LogP contribution in [0.5, 0.6) is 11.8 Å². The van der Waals surface area contributed by atoms with Gasteiger partial charge >= 0.3 is 0 Å². The Kier molecular flexibility index (Phi) is 6.36. The maximum atomic E-state index is 12.2. The van der Waals surface area contributed by atoms with E-state index in [1.165, 1.54) is 19.2 Å². The third-order valence-electron chi connectivity index (χ3n) is 4.66. The summed E-state index contributed by atoms with van der Waals surface area (Å²) in [5.74, 6) is 0.658. The minimum Gasteiger partial charge on any atom is -0.477 e. The molecule has 0 atom stereocenters. The molecule has 0 bridgehead atoms. The number of nitrogens with zero attached hydrogens (tertiary/aromatic N) is 3. The maximum absolute atomic E-state index is 12.2. The number of rotatable bonds is 7. The van der Waals surface area contributed by atoms with Crippen LogP contribution in [0.3, 0.4) is 0 Å². The number of hydrogen-bond acceptors (Lipinski definition) is 7. The third kappa shape index (κ3) is 5.15. The smallest absolute Gasteiger partial charge is 0.278 e. The van der Waals surface area contributed by atoms with Gasteiger partial charge in [-0.05, 0) is 31.2 Å². The molecule has 1 aromatic carbocycles. The zero-order valence-corrected chi connectivity index (χ0v) is 15.5. The standard InChI is InChI=1S/C19H22N4O5/c1-27-18-19(21-11-10-20-18)28-16-8-4-14(5-9-16)22-17(24)12-13-2-6-15(7-3-13)23(25)26/h2-3,6-7,10-11,14,16H,4-5,8-9,12H2,1H3,(H,22,24). The normalized spacial score (nSPS) is 18.9. The number of benzene rings is 1. The topological polar surface area (TPSA) is 116 Å². The first-order valence-corrected chi connectivity index (χ1v) is 9.09.